The summed E-state index contributed by atoms with van der Waals surface area (Å²) in [5.41, 5.74) is 0. The number of nitrogens with zero attached hydrogens (tertiary/aromatic N) is 1. The van der Waals surface area contributed by atoms with Crippen molar-refractivity contribution in [2.75, 3.05) is 26.2 Å². The highest BCUT2D eigenvalue weighted by molar-refractivity contribution is 4.79. The molecule has 0 aromatic rings. The minimum atomic E-state index is -4.02. The van der Waals surface area contributed by atoms with Gasteiger partial charge in [-0.15, -0.1) is 0 Å². The van der Waals surface area contributed by atoms with E-state index in [0.717, 1.165) is 19.6 Å². The average molecular weight is 278 g/mol. The number of halogens is 3. The SMILES string of the molecule is FC(F)(F)C1CCCN(CCNC2CCCCC2)C1. The molecule has 0 radical (unpaired) electrons. The molecule has 0 aromatic carbocycles. The second kappa shape index (κ2) is 6.93. The van der Waals surface area contributed by atoms with Crippen molar-refractivity contribution in [1.29, 1.82) is 0 Å². The molecule has 19 heavy (non-hydrogen) atoms. The number of alkyl halides is 3. The molecule has 1 aliphatic carbocycles. The molecule has 5 heteroatoms. The van der Waals surface area contributed by atoms with E-state index in [0.29, 0.717) is 18.9 Å². The molecule has 1 saturated heterocycles. The minimum absolute atomic E-state index is 0.190. The van der Waals surface area contributed by atoms with E-state index in [1.165, 1.54) is 32.1 Å². The van der Waals surface area contributed by atoms with Crippen LogP contribution >= 0.6 is 0 Å². The highest BCUT2D eigenvalue weighted by Crippen LogP contribution is 2.32. The molecular weight excluding hydrogens is 253 g/mol. The van der Waals surface area contributed by atoms with E-state index in [2.05, 4.69) is 5.32 Å². The van der Waals surface area contributed by atoms with Crippen molar-refractivity contribution in [3.63, 3.8) is 0 Å². The Bertz CT molecular complexity index is 262. The lowest BCUT2D eigenvalue weighted by Gasteiger charge is -2.34. The van der Waals surface area contributed by atoms with Gasteiger partial charge >= 0.3 is 6.18 Å². The van der Waals surface area contributed by atoms with Crippen LogP contribution in [0.25, 0.3) is 0 Å². The van der Waals surface area contributed by atoms with Crippen molar-refractivity contribution in [3.8, 4) is 0 Å². The van der Waals surface area contributed by atoms with Gasteiger partial charge in [-0.25, -0.2) is 0 Å². The van der Waals surface area contributed by atoms with E-state index in [1.807, 2.05) is 4.90 Å². The molecule has 1 aliphatic heterocycles. The Morgan fingerprint density at radius 2 is 1.74 bits per heavy atom. The van der Waals surface area contributed by atoms with E-state index in [-0.39, 0.29) is 6.54 Å². The third kappa shape index (κ3) is 4.95. The molecule has 1 heterocycles. The lowest BCUT2D eigenvalue weighted by atomic mass is 9.95. The summed E-state index contributed by atoms with van der Waals surface area (Å²) in [6.07, 6.45) is 3.32. The normalized spacial score (nSPS) is 27.6. The van der Waals surface area contributed by atoms with E-state index in [4.69, 9.17) is 0 Å². The molecular formula is C14H25F3N2. The Morgan fingerprint density at radius 1 is 1.00 bits per heavy atom. The van der Waals surface area contributed by atoms with E-state index in [1.54, 1.807) is 0 Å². The van der Waals surface area contributed by atoms with E-state index < -0.39 is 12.1 Å². The second-order valence-electron chi connectivity index (χ2n) is 5.97. The topological polar surface area (TPSA) is 15.3 Å². The zero-order chi connectivity index (χ0) is 13.7. The van der Waals surface area contributed by atoms with Gasteiger partial charge < -0.3 is 10.2 Å². The lowest BCUT2D eigenvalue weighted by molar-refractivity contribution is -0.186. The summed E-state index contributed by atoms with van der Waals surface area (Å²) in [6, 6.07) is 0.594. The van der Waals surface area contributed by atoms with Crippen LogP contribution < -0.4 is 5.32 Å². The molecule has 1 N–H and O–H groups in total. The maximum atomic E-state index is 12.7. The number of hydrogen-bond donors (Lipinski definition) is 1. The van der Waals surface area contributed by atoms with Crippen molar-refractivity contribution in [1.82, 2.24) is 10.2 Å². The first-order chi connectivity index (χ1) is 9.05. The van der Waals surface area contributed by atoms with Crippen LogP contribution in [0.3, 0.4) is 0 Å². The maximum Gasteiger partial charge on any atom is 0.393 e. The molecule has 2 rings (SSSR count). The smallest absolute Gasteiger partial charge is 0.313 e. The number of piperidine rings is 1. The molecule has 112 valence electrons. The Balaban J connectivity index is 1.65. The molecule has 2 nitrogen and oxygen atoms in total. The van der Waals surface area contributed by atoms with Crippen molar-refractivity contribution in [2.45, 2.75) is 57.2 Å². The summed E-state index contributed by atoms with van der Waals surface area (Å²) in [4.78, 5) is 1.97. The van der Waals surface area contributed by atoms with Crippen molar-refractivity contribution in [2.24, 2.45) is 5.92 Å². The van der Waals surface area contributed by atoms with Crippen molar-refractivity contribution >= 4 is 0 Å². The molecule has 1 atom stereocenters. The van der Waals surface area contributed by atoms with Crippen LogP contribution in [0.5, 0.6) is 0 Å². The predicted octanol–water partition coefficient (Wildman–Crippen LogP) is 3.18. The minimum Gasteiger partial charge on any atom is -0.313 e. The summed E-state index contributed by atoms with van der Waals surface area (Å²) in [5.74, 6) is -1.11. The first-order valence-corrected chi connectivity index (χ1v) is 7.58. The molecule has 0 spiro atoms. The van der Waals surface area contributed by atoms with Gasteiger partial charge in [0.15, 0.2) is 0 Å². The maximum absolute atomic E-state index is 12.7. The lowest BCUT2D eigenvalue weighted by Crippen LogP contribution is -2.45. The van der Waals surface area contributed by atoms with Crippen LogP contribution in [0.15, 0.2) is 0 Å². The number of nitrogens with one attached hydrogen (secondary N) is 1. The first kappa shape index (κ1) is 15.1. The van der Waals surface area contributed by atoms with Gasteiger partial charge in [0, 0.05) is 25.7 Å². The van der Waals surface area contributed by atoms with Crippen LogP contribution in [0, 0.1) is 5.92 Å². The Morgan fingerprint density at radius 3 is 2.42 bits per heavy atom. The standard InChI is InChI=1S/C14H25F3N2/c15-14(16,17)12-5-4-9-19(11-12)10-8-18-13-6-2-1-3-7-13/h12-13,18H,1-11H2. The van der Waals surface area contributed by atoms with E-state index in [9.17, 15) is 13.2 Å². The zero-order valence-corrected chi connectivity index (χ0v) is 11.5. The summed E-state index contributed by atoms with van der Waals surface area (Å²) in [6.45, 7) is 2.59. The van der Waals surface area contributed by atoms with Crippen LogP contribution in [0.1, 0.15) is 44.9 Å². The van der Waals surface area contributed by atoms with Gasteiger partial charge in [0.2, 0.25) is 0 Å². The average Bonchev–Trinajstić information content (AvgIpc) is 2.39. The van der Waals surface area contributed by atoms with Crippen LogP contribution in [0.4, 0.5) is 13.2 Å². The molecule has 0 aromatic heterocycles. The van der Waals surface area contributed by atoms with Crippen molar-refractivity contribution < 1.29 is 13.2 Å². The predicted molar refractivity (Wildman–Crippen MR) is 70.1 cm³/mol. The fourth-order valence-electron chi connectivity index (χ4n) is 3.26. The van der Waals surface area contributed by atoms with Crippen molar-refractivity contribution in [3.05, 3.63) is 0 Å². The molecule has 2 fully saturated rings. The summed E-state index contributed by atoms with van der Waals surface area (Å²) < 4.78 is 38.1. The molecule has 1 saturated carbocycles. The number of hydrogen-bond acceptors (Lipinski definition) is 2. The van der Waals surface area contributed by atoms with Crippen LogP contribution in [-0.2, 0) is 0 Å². The van der Waals surface area contributed by atoms with Gasteiger partial charge in [0.1, 0.15) is 0 Å². The van der Waals surface area contributed by atoms with Crippen LogP contribution in [0.2, 0.25) is 0 Å². The quantitative estimate of drug-likeness (QED) is 0.849. The molecule has 0 amide bonds. The van der Waals surface area contributed by atoms with Gasteiger partial charge in [-0.2, -0.15) is 13.2 Å². The van der Waals surface area contributed by atoms with Gasteiger partial charge in [-0.05, 0) is 32.2 Å². The summed E-state index contributed by atoms with van der Waals surface area (Å²) in [7, 11) is 0. The summed E-state index contributed by atoms with van der Waals surface area (Å²) >= 11 is 0. The fourth-order valence-corrected chi connectivity index (χ4v) is 3.26. The Labute approximate surface area is 113 Å². The third-order valence-corrected chi connectivity index (χ3v) is 4.43. The first-order valence-electron chi connectivity index (χ1n) is 7.58. The Hall–Kier alpha value is -0.290. The van der Waals surface area contributed by atoms with Gasteiger partial charge in [0.05, 0.1) is 5.92 Å². The number of rotatable bonds is 4. The van der Waals surface area contributed by atoms with Gasteiger partial charge in [-0.1, -0.05) is 19.3 Å². The highest BCUT2D eigenvalue weighted by Gasteiger charge is 2.41. The van der Waals surface area contributed by atoms with Gasteiger partial charge in [-0.3, -0.25) is 0 Å². The summed E-state index contributed by atoms with van der Waals surface area (Å²) in [5, 5.41) is 3.50. The molecule has 0 bridgehead atoms. The highest BCUT2D eigenvalue weighted by atomic mass is 19.4. The van der Waals surface area contributed by atoms with Gasteiger partial charge in [0.25, 0.3) is 0 Å². The van der Waals surface area contributed by atoms with Crippen LogP contribution in [-0.4, -0.2) is 43.3 Å². The third-order valence-electron chi connectivity index (χ3n) is 4.43. The van der Waals surface area contributed by atoms with E-state index >= 15 is 0 Å². The molecule has 1 unspecified atom stereocenters. The largest absolute Gasteiger partial charge is 0.393 e. The fraction of sp³-hybridized carbons (Fsp3) is 1.00. The second-order valence-corrected chi connectivity index (χ2v) is 5.97. The zero-order valence-electron chi connectivity index (χ0n) is 11.5. The molecule has 2 aliphatic rings. The number of likely N-dealkylation sites (tertiary alicyclic amines) is 1. The monoisotopic (exact) mass is 278 g/mol. The Kier molecular flexibility index (Phi) is 5.51.